The highest BCUT2D eigenvalue weighted by atomic mass is 16.5. The Bertz CT molecular complexity index is 1480. The number of aliphatic carboxylic acids is 1. The number of piperidine rings is 3. The van der Waals surface area contributed by atoms with Gasteiger partial charge < -0.3 is 36.8 Å². The molecule has 3 aliphatic heterocycles. The Labute approximate surface area is 274 Å². The summed E-state index contributed by atoms with van der Waals surface area (Å²) in [7, 11) is 0. The van der Waals surface area contributed by atoms with Gasteiger partial charge in [-0.1, -0.05) is 42.5 Å². The second kappa shape index (κ2) is 15.9. The standard InChI is InChI=1S/C34H44N6O7/c35-27-19-40-17-12-21(27)18-28(40)25-7-3-6-24-26(22-4-1-2-5-23(22)33(24)25)20-47-34(46)39-15-10-31(43)37-13-8-29(41)36-14-9-30(42)38-16-11-32(44)45/h1-7,21,26-28H,8-20,35H2,(H,36,41)(H,37,43)(H,38,42)(H,39,46)(H,44,45)/t21?,26?,27?,28-/m0/s1. The van der Waals surface area contributed by atoms with Crippen molar-refractivity contribution in [3.8, 4) is 11.1 Å². The average Bonchev–Trinajstić information content (AvgIpc) is 3.37. The lowest BCUT2D eigenvalue weighted by atomic mass is 9.76. The summed E-state index contributed by atoms with van der Waals surface area (Å²) >= 11 is 0. The molecule has 4 aliphatic rings. The topological polar surface area (TPSA) is 192 Å². The van der Waals surface area contributed by atoms with Gasteiger partial charge in [-0.05, 0) is 53.1 Å². The fourth-order valence-electron chi connectivity index (χ4n) is 6.93. The Morgan fingerprint density at radius 3 is 2.00 bits per heavy atom. The van der Waals surface area contributed by atoms with E-state index >= 15 is 0 Å². The van der Waals surface area contributed by atoms with Crippen LogP contribution in [-0.2, 0) is 23.9 Å². The summed E-state index contributed by atoms with van der Waals surface area (Å²) in [4.78, 5) is 61.3. The van der Waals surface area contributed by atoms with E-state index in [0.29, 0.717) is 12.0 Å². The summed E-state index contributed by atoms with van der Waals surface area (Å²) in [5, 5.41) is 18.9. The maximum Gasteiger partial charge on any atom is 0.407 e. The van der Waals surface area contributed by atoms with Crippen LogP contribution in [0.5, 0.6) is 0 Å². The molecule has 6 rings (SSSR count). The Balaban J connectivity index is 1.02. The lowest BCUT2D eigenvalue weighted by molar-refractivity contribution is -0.137. The van der Waals surface area contributed by atoms with E-state index in [1.165, 1.54) is 16.7 Å². The molecule has 7 N–H and O–H groups in total. The molecule has 3 saturated heterocycles. The molecule has 47 heavy (non-hydrogen) atoms. The third-order valence-electron chi connectivity index (χ3n) is 9.29. The third kappa shape index (κ3) is 8.66. The van der Waals surface area contributed by atoms with Crippen LogP contribution in [0.4, 0.5) is 4.79 Å². The van der Waals surface area contributed by atoms with E-state index < -0.39 is 12.1 Å². The highest BCUT2D eigenvalue weighted by molar-refractivity contribution is 5.83. The summed E-state index contributed by atoms with van der Waals surface area (Å²) in [6, 6.07) is 15.3. The van der Waals surface area contributed by atoms with E-state index in [1.54, 1.807) is 0 Å². The molecule has 2 aromatic carbocycles. The zero-order valence-electron chi connectivity index (χ0n) is 26.5. The first-order valence-electron chi connectivity index (χ1n) is 16.4. The number of ether oxygens (including phenoxy) is 1. The average molecular weight is 649 g/mol. The smallest absolute Gasteiger partial charge is 0.407 e. The lowest BCUT2D eigenvalue weighted by Gasteiger charge is -2.49. The second-order valence-corrected chi connectivity index (χ2v) is 12.4. The van der Waals surface area contributed by atoms with E-state index in [2.05, 4.69) is 56.5 Å². The highest BCUT2D eigenvalue weighted by Gasteiger charge is 2.41. The van der Waals surface area contributed by atoms with Gasteiger partial charge in [0.2, 0.25) is 17.7 Å². The highest BCUT2D eigenvalue weighted by Crippen LogP contribution is 2.51. The van der Waals surface area contributed by atoms with Crippen LogP contribution in [-0.4, -0.2) is 91.7 Å². The van der Waals surface area contributed by atoms with Gasteiger partial charge in [0.05, 0.1) is 6.42 Å². The number of amides is 4. The number of alkyl carbamates (subject to hydrolysis) is 1. The van der Waals surface area contributed by atoms with Gasteiger partial charge in [-0.3, -0.25) is 24.1 Å². The fourth-order valence-corrected chi connectivity index (χ4v) is 6.93. The summed E-state index contributed by atoms with van der Waals surface area (Å²) in [5.41, 5.74) is 12.4. The number of nitrogens with two attached hydrogens (primary N) is 1. The molecule has 2 bridgehead atoms. The molecule has 13 heteroatoms. The molecule has 1 aliphatic carbocycles. The first-order valence-corrected chi connectivity index (χ1v) is 16.4. The summed E-state index contributed by atoms with van der Waals surface area (Å²) in [6.07, 6.45) is 1.51. The molecule has 2 aromatic rings. The van der Waals surface area contributed by atoms with Gasteiger partial charge in [0.25, 0.3) is 0 Å². The number of carboxylic acids is 1. The van der Waals surface area contributed by atoms with Crippen LogP contribution in [0.3, 0.4) is 0 Å². The van der Waals surface area contributed by atoms with Crippen LogP contribution in [0.1, 0.15) is 67.2 Å². The Hall–Kier alpha value is -4.49. The van der Waals surface area contributed by atoms with Crippen molar-refractivity contribution in [2.45, 2.75) is 56.5 Å². The van der Waals surface area contributed by atoms with Gasteiger partial charge in [0, 0.05) is 70.0 Å². The normalized spacial score (nSPS) is 22.0. The monoisotopic (exact) mass is 648 g/mol. The van der Waals surface area contributed by atoms with Crippen molar-refractivity contribution >= 4 is 29.8 Å². The number of carbonyl (C=O) groups excluding carboxylic acids is 4. The van der Waals surface area contributed by atoms with Crippen molar-refractivity contribution in [3.63, 3.8) is 0 Å². The molecular weight excluding hydrogens is 604 g/mol. The molecule has 0 saturated carbocycles. The SMILES string of the molecule is NC1CN2CCC1C[C@H]2c1cccc2c1-c1ccccc1C2COC(=O)NCCC(=O)NCCC(=O)NCCC(=O)NCCC(=O)O. The number of carboxylic acid groups (broad SMARTS) is 1. The zero-order chi connectivity index (χ0) is 33.3. The maximum atomic E-state index is 12.6. The summed E-state index contributed by atoms with van der Waals surface area (Å²) in [6.45, 7) is 2.47. The molecule has 4 unspecified atom stereocenters. The molecule has 3 heterocycles. The molecule has 4 amide bonds. The van der Waals surface area contributed by atoms with Crippen LogP contribution in [0, 0.1) is 5.92 Å². The predicted octanol–water partition coefficient (Wildman–Crippen LogP) is 1.61. The van der Waals surface area contributed by atoms with Gasteiger partial charge in [-0.2, -0.15) is 0 Å². The first-order chi connectivity index (χ1) is 22.7. The van der Waals surface area contributed by atoms with E-state index in [0.717, 1.165) is 37.1 Å². The molecule has 252 valence electrons. The van der Waals surface area contributed by atoms with Gasteiger partial charge >= 0.3 is 12.1 Å². The second-order valence-electron chi connectivity index (χ2n) is 12.4. The van der Waals surface area contributed by atoms with Crippen molar-refractivity contribution in [2.24, 2.45) is 11.7 Å². The Morgan fingerprint density at radius 2 is 1.38 bits per heavy atom. The van der Waals surface area contributed by atoms with Crippen LogP contribution >= 0.6 is 0 Å². The fraction of sp³-hybridized carbons (Fsp3) is 0.500. The van der Waals surface area contributed by atoms with Crippen LogP contribution < -0.4 is 27.0 Å². The number of benzene rings is 2. The van der Waals surface area contributed by atoms with Gasteiger partial charge in [-0.25, -0.2) is 4.79 Å². The number of hydrogen-bond donors (Lipinski definition) is 6. The van der Waals surface area contributed by atoms with Gasteiger partial charge in [0.15, 0.2) is 0 Å². The van der Waals surface area contributed by atoms with Crippen LogP contribution in [0.2, 0.25) is 0 Å². The number of fused-ring (bicyclic) bond motifs is 6. The lowest BCUT2D eigenvalue weighted by Crippen LogP contribution is -2.55. The van der Waals surface area contributed by atoms with Crippen LogP contribution in [0.25, 0.3) is 11.1 Å². The van der Waals surface area contributed by atoms with Gasteiger partial charge in [-0.15, -0.1) is 0 Å². The number of hydrogen-bond acceptors (Lipinski definition) is 8. The van der Waals surface area contributed by atoms with Crippen molar-refractivity contribution in [1.82, 2.24) is 26.2 Å². The molecule has 3 fully saturated rings. The van der Waals surface area contributed by atoms with E-state index in [-0.39, 0.29) is 88.2 Å². The Morgan fingerprint density at radius 1 is 0.787 bits per heavy atom. The third-order valence-corrected chi connectivity index (χ3v) is 9.29. The van der Waals surface area contributed by atoms with Crippen molar-refractivity contribution in [1.29, 1.82) is 0 Å². The summed E-state index contributed by atoms with van der Waals surface area (Å²) in [5.74, 6) is -1.57. The van der Waals surface area contributed by atoms with Crippen molar-refractivity contribution < 1.29 is 33.8 Å². The first kappa shape index (κ1) is 33.9. The van der Waals surface area contributed by atoms with E-state index in [4.69, 9.17) is 15.6 Å². The van der Waals surface area contributed by atoms with Crippen molar-refractivity contribution in [3.05, 3.63) is 59.2 Å². The largest absolute Gasteiger partial charge is 0.481 e. The van der Waals surface area contributed by atoms with E-state index in [1.807, 2.05) is 12.1 Å². The number of nitrogens with one attached hydrogen (secondary N) is 4. The number of carbonyl (C=O) groups is 5. The molecule has 0 spiro atoms. The quantitative estimate of drug-likeness (QED) is 0.167. The van der Waals surface area contributed by atoms with E-state index in [9.17, 15) is 24.0 Å². The minimum Gasteiger partial charge on any atom is -0.481 e. The molecular formula is C34H44N6O7. The Kier molecular flexibility index (Phi) is 11.4. The predicted molar refractivity (Wildman–Crippen MR) is 173 cm³/mol. The molecule has 5 atom stereocenters. The minimum atomic E-state index is -1.01. The maximum absolute atomic E-state index is 12.6. The number of rotatable bonds is 15. The molecule has 0 radical (unpaired) electrons. The minimum absolute atomic E-state index is 0.0221. The molecule has 0 aromatic heterocycles. The zero-order valence-corrected chi connectivity index (χ0v) is 26.5. The van der Waals surface area contributed by atoms with Crippen LogP contribution in [0.15, 0.2) is 42.5 Å². The van der Waals surface area contributed by atoms with Gasteiger partial charge in [0.1, 0.15) is 6.61 Å². The van der Waals surface area contributed by atoms with Crippen molar-refractivity contribution in [2.75, 3.05) is 45.9 Å². The summed E-state index contributed by atoms with van der Waals surface area (Å²) < 4.78 is 5.65. The molecule has 13 nitrogen and oxygen atoms in total. The number of nitrogens with zero attached hydrogens (tertiary/aromatic N) is 1.